The molecule has 0 bridgehead atoms. The molecule has 4 aromatic rings. The number of nitrogens with one attached hydrogen (secondary N) is 1. The van der Waals surface area contributed by atoms with Gasteiger partial charge in [-0.05, 0) is 66.9 Å². The summed E-state index contributed by atoms with van der Waals surface area (Å²) in [7, 11) is 0. The fraction of sp³-hybridized carbons (Fsp3) is 0.233. The molecule has 0 aliphatic carbocycles. The molecule has 1 aliphatic rings. The molecule has 1 saturated heterocycles. The van der Waals surface area contributed by atoms with E-state index in [9.17, 15) is 27.2 Å². The third-order valence-electron chi connectivity index (χ3n) is 6.43. The number of carbonyl (C=O) groups excluding carboxylic acids is 2. The number of ether oxygens (including phenoxy) is 2. The van der Waals surface area contributed by atoms with Crippen LogP contribution in [0.4, 0.5) is 33.7 Å². The highest BCUT2D eigenvalue weighted by atomic mass is 32.2. The van der Waals surface area contributed by atoms with Gasteiger partial charge in [-0.25, -0.2) is 13.9 Å². The lowest BCUT2D eigenvalue weighted by molar-refractivity contribution is -0.274. The van der Waals surface area contributed by atoms with E-state index in [-0.39, 0.29) is 46.4 Å². The number of carbonyl (C=O) groups is 2. The van der Waals surface area contributed by atoms with Gasteiger partial charge in [0.1, 0.15) is 24.5 Å². The summed E-state index contributed by atoms with van der Waals surface area (Å²) in [5, 5.41) is 6.85. The van der Waals surface area contributed by atoms with Gasteiger partial charge in [-0.1, -0.05) is 43.3 Å². The second-order valence-corrected chi connectivity index (χ2v) is 10.8. The zero-order chi connectivity index (χ0) is 32.1. The molecule has 10 nitrogen and oxygen atoms in total. The summed E-state index contributed by atoms with van der Waals surface area (Å²) in [5.74, 6) is -1.09. The molecule has 1 N–H and O–H groups in total. The number of aryl methyl sites for hydroxylation is 2. The summed E-state index contributed by atoms with van der Waals surface area (Å²) in [6.07, 6.45) is -1.88. The molecule has 1 fully saturated rings. The minimum Gasteiger partial charge on any atom is -0.457 e. The Morgan fingerprint density at radius 2 is 1.84 bits per heavy atom. The van der Waals surface area contributed by atoms with E-state index in [1.165, 1.54) is 40.2 Å². The minimum absolute atomic E-state index is 0.0953. The molecule has 3 amide bonds. The van der Waals surface area contributed by atoms with Crippen molar-refractivity contribution in [2.45, 2.75) is 39.7 Å². The van der Waals surface area contributed by atoms with Crippen LogP contribution in [0.25, 0.3) is 5.69 Å². The Kier molecular flexibility index (Phi) is 9.37. The Morgan fingerprint density at radius 3 is 2.56 bits per heavy atom. The molecule has 5 rings (SSSR count). The zero-order valence-corrected chi connectivity index (χ0v) is 24.8. The summed E-state index contributed by atoms with van der Waals surface area (Å²) >= 11 is 1.15. The summed E-state index contributed by atoms with van der Waals surface area (Å²) < 4.78 is 62.5. The maximum Gasteiger partial charge on any atom is 0.573 e. The zero-order valence-electron chi connectivity index (χ0n) is 24.0. The van der Waals surface area contributed by atoms with Crippen LogP contribution in [0.1, 0.15) is 30.0 Å². The molecular formula is C30H26F4N6O4S. The maximum atomic E-state index is 14.9. The second kappa shape index (κ2) is 13.4. The number of halogens is 4. The Bertz CT molecular complexity index is 1740. The number of aliphatic imine (C=N–C) groups is 1. The predicted molar refractivity (Wildman–Crippen MR) is 160 cm³/mol. The Balaban J connectivity index is 1.21. The van der Waals surface area contributed by atoms with Crippen LogP contribution in [-0.2, 0) is 17.8 Å². The molecule has 0 saturated carbocycles. The minimum atomic E-state index is -4.80. The number of rotatable bonds is 9. The lowest BCUT2D eigenvalue weighted by Crippen LogP contribution is -2.31. The number of amides is 3. The quantitative estimate of drug-likeness (QED) is 0.200. The first-order chi connectivity index (χ1) is 21.5. The van der Waals surface area contributed by atoms with Crippen molar-refractivity contribution in [1.29, 1.82) is 0 Å². The van der Waals surface area contributed by atoms with Crippen LogP contribution in [0.3, 0.4) is 0 Å². The lowest BCUT2D eigenvalue weighted by atomic mass is 10.0. The molecule has 2 heterocycles. The molecule has 1 aliphatic heterocycles. The molecule has 3 aromatic carbocycles. The third-order valence-corrected chi connectivity index (χ3v) is 7.35. The van der Waals surface area contributed by atoms with Gasteiger partial charge >= 0.3 is 18.4 Å². The fourth-order valence-electron chi connectivity index (χ4n) is 4.41. The van der Waals surface area contributed by atoms with Gasteiger partial charge in [-0.3, -0.25) is 9.69 Å². The van der Waals surface area contributed by atoms with Crippen molar-refractivity contribution in [2.75, 3.05) is 16.0 Å². The number of aromatic nitrogens is 3. The molecule has 0 spiro atoms. The van der Waals surface area contributed by atoms with Crippen LogP contribution in [0, 0.1) is 12.7 Å². The van der Waals surface area contributed by atoms with Gasteiger partial charge in [-0.2, -0.15) is 9.98 Å². The lowest BCUT2D eigenvalue weighted by Gasteiger charge is -2.20. The summed E-state index contributed by atoms with van der Waals surface area (Å²) in [5.41, 5.74) is 3.33. The van der Waals surface area contributed by atoms with Gasteiger partial charge in [0.2, 0.25) is 5.91 Å². The molecule has 1 aromatic heterocycles. The number of hydrogen-bond acceptors (Lipinski definition) is 7. The average molecular weight is 643 g/mol. The van der Waals surface area contributed by atoms with E-state index in [4.69, 9.17) is 4.74 Å². The first kappa shape index (κ1) is 31.5. The highest BCUT2D eigenvalue weighted by molar-refractivity contribution is 8.15. The second-order valence-electron chi connectivity index (χ2n) is 9.83. The fourth-order valence-corrected chi connectivity index (χ4v) is 5.26. The summed E-state index contributed by atoms with van der Waals surface area (Å²) in [6, 6.07) is 13.9. The number of alkyl halides is 3. The van der Waals surface area contributed by atoms with Crippen molar-refractivity contribution in [2.24, 2.45) is 4.99 Å². The van der Waals surface area contributed by atoms with E-state index < -0.39 is 18.2 Å². The number of urea groups is 1. The van der Waals surface area contributed by atoms with Gasteiger partial charge in [-0.15, -0.1) is 18.3 Å². The van der Waals surface area contributed by atoms with E-state index in [1.807, 2.05) is 32.0 Å². The highest BCUT2D eigenvalue weighted by Crippen LogP contribution is 2.31. The normalized spacial score (nSPS) is 14.2. The molecule has 234 valence electrons. The third kappa shape index (κ3) is 7.98. The molecule has 0 unspecified atom stereocenters. The summed E-state index contributed by atoms with van der Waals surface area (Å²) in [6.45, 7) is 3.72. The predicted octanol–water partition coefficient (Wildman–Crippen LogP) is 6.81. The smallest absolute Gasteiger partial charge is 0.457 e. The van der Waals surface area contributed by atoms with E-state index in [0.717, 1.165) is 53.9 Å². The van der Waals surface area contributed by atoms with Crippen LogP contribution in [0.15, 0.2) is 72.0 Å². The van der Waals surface area contributed by atoms with Crippen LogP contribution in [0.5, 0.6) is 11.8 Å². The first-order valence-corrected chi connectivity index (χ1v) is 14.6. The molecule has 45 heavy (non-hydrogen) atoms. The standard InChI is InChI=1S/C30H26F4N6O4S/c1-3-4-19-6-5-18(2)13-25(19)40-26(41)16-45-29(40)37-27(42)36-21-8-7-20(24(31)14-21)15-43-28-35-17-39(38-28)22-9-11-23(12-10-22)44-30(32,33)34/h5-14,17H,3-4,15-16H2,1-2H3,(H,36,42). The molecule has 15 heteroatoms. The van der Waals surface area contributed by atoms with E-state index >= 15 is 0 Å². The Labute approximate surface area is 259 Å². The highest BCUT2D eigenvalue weighted by Gasteiger charge is 2.32. The number of anilines is 2. The maximum absolute atomic E-state index is 14.9. The topological polar surface area (TPSA) is 111 Å². The van der Waals surface area contributed by atoms with E-state index in [1.54, 1.807) is 0 Å². The Morgan fingerprint density at radius 1 is 1.09 bits per heavy atom. The molecular weight excluding hydrogens is 616 g/mol. The van der Waals surface area contributed by atoms with Gasteiger partial charge in [0.25, 0.3) is 0 Å². The van der Waals surface area contributed by atoms with Crippen LogP contribution in [-0.4, -0.2) is 44.0 Å². The van der Waals surface area contributed by atoms with E-state index in [0.29, 0.717) is 11.4 Å². The number of nitrogens with zero attached hydrogens (tertiary/aromatic N) is 5. The number of benzene rings is 3. The number of hydrogen-bond donors (Lipinski definition) is 1. The Hall–Kier alpha value is -4.92. The van der Waals surface area contributed by atoms with Crippen LogP contribution >= 0.6 is 11.8 Å². The van der Waals surface area contributed by atoms with Gasteiger partial charge in [0, 0.05) is 11.3 Å². The SMILES string of the molecule is CCCc1ccc(C)cc1N1C(=O)CSC1=NC(=O)Nc1ccc(COc2ncn(-c3ccc(OC(F)(F)F)cc3)n2)c(F)c1. The first-order valence-electron chi connectivity index (χ1n) is 13.6. The largest absolute Gasteiger partial charge is 0.573 e. The van der Waals surface area contributed by atoms with Crippen LogP contribution in [0.2, 0.25) is 0 Å². The van der Waals surface area contributed by atoms with Gasteiger partial charge in [0.15, 0.2) is 5.17 Å². The van der Waals surface area contributed by atoms with E-state index in [2.05, 4.69) is 25.1 Å². The summed E-state index contributed by atoms with van der Waals surface area (Å²) in [4.78, 5) is 35.0. The van der Waals surface area contributed by atoms with Gasteiger partial charge < -0.3 is 14.8 Å². The number of thioether (sulfide) groups is 1. The van der Waals surface area contributed by atoms with Crippen LogP contribution < -0.4 is 19.7 Å². The van der Waals surface area contributed by atoms with Gasteiger partial charge in [0.05, 0.1) is 17.1 Å². The average Bonchev–Trinajstić information content (AvgIpc) is 3.59. The van der Waals surface area contributed by atoms with Crippen molar-refractivity contribution >= 4 is 40.2 Å². The van der Waals surface area contributed by atoms with Crippen molar-refractivity contribution in [3.8, 4) is 17.4 Å². The van der Waals surface area contributed by atoms with Crippen molar-refractivity contribution in [1.82, 2.24) is 14.8 Å². The molecule has 0 radical (unpaired) electrons. The van der Waals surface area contributed by atoms with Crippen molar-refractivity contribution < 1.29 is 36.6 Å². The monoisotopic (exact) mass is 642 g/mol. The van der Waals surface area contributed by atoms with Crippen molar-refractivity contribution in [3.05, 3.63) is 89.5 Å². The van der Waals surface area contributed by atoms with Crippen molar-refractivity contribution in [3.63, 3.8) is 0 Å². The molecule has 0 atom stereocenters. The number of amidine groups is 1.